The van der Waals surface area contributed by atoms with Gasteiger partial charge in [-0.25, -0.2) is 4.98 Å². The van der Waals surface area contributed by atoms with Crippen molar-refractivity contribution in [2.45, 2.75) is 19.4 Å². The molecule has 98 valence electrons. The Morgan fingerprint density at radius 1 is 1.61 bits per heavy atom. The highest BCUT2D eigenvalue weighted by Gasteiger charge is 2.25. The molecule has 0 aromatic carbocycles. The van der Waals surface area contributed by atoms with Crippen LogP contribution in [0.25, 0.3) is 0 Å². The number of aryl methyl sites for hydroxylation is 1. The van der Waals surface area contributed by atoms with Crippen molar-refractivity contribution in [3.8, 4) is 0 Å². The summed E-state index contributed by atoms with van der Waals surface area (Å²) in [5.41, 5.74) is 7.24. The highest BCUT2D eigenvalue weighted by molar-refractivity contribution is 6.01. The number of anilines is 1. The minimum atomic E-state index is 0.0818. The van der Waals surface area contributed by atoms with Gasteiger partial charge in [-0.3, -0.25) is 0 Å². The summed E-state index contributed by atoms with van der Waals surface area (Å²) in [5, 5.41) is 11.9. The van der Waals surface area contributed by atoms with Crippen LogP contribution in [-0.2, 0) is 4.74 Å². The summed E-state index contributed by atoms with van der Waals surface area (Å²) in [6.07, 6.45) is 1.18. The minimum Gasteiger partial charge on any atom is -0.409 e. The highest BCUT2D eigenvalue weighted by Crippen LogP contribution is 2.24. The molecule has 2 heterocycles. The molecule has 3 N–H and O–H groups in total. The van der Waals surface area contributed by atoms with Crippen molar-refractivity contribution >= 4 is 11.7 Å². The zero-order chi connectivity index (χ0) is 13.1. The molecule has 6 heteroatoms. The molecule has 2 rings (SSSR count). The van der Waals surface area contributed by atoms with Crippen molar-refractivity contribution in [1.29, 1.82) is 0 Å². The number of hydrogen-bond donors (Lipinski definition) is 2. The number of amidine groups is 1. The number of pyridine rings is 1. The molecule has 1 saturated heterocycles. The highest BCUT2D eigenvalue weighted by atomic mass is 16.5. The van der Waals surface area contributed by atoms with Gasteiger partial charge in [0.25, 0.3) is 0 Å². The van der Waals surface area contributed by atoms with Crippen molar-refractivity contribution in [3.63, 3.8) is 0 Å². The summed E-state index contributed by atoms with van der Waals surface area (Å²) in [4.78, 5) is 6.60. The number of rotatable bonds is 3. The Bertz CT molecular complexity index is 461. The van der Waals surface area contributed by atoms with E-state index < -0.39 is 0 Å². The van der Waals surface area contributed by atoms with Gasteiger partial charge in [0, 0.05) is 25.9 Å². The smallest absolute Gasteiger partial charge is 0.173 e. The van der Waals surface area contributed by atoms with Crippen LogP contribution in [0.15, 0.2) is 17.3 Å². The summed E-state index contributed by atoms with van der Waals surface area (Å²) < 4.78 is 5.34. The Hall–Kier alpha value is -1.82. The molecule has 1 fully saturated rings. The van der Waals surface area contributed by atoms with Crippen LogP contribution in [0.1, 0.15) is 17.7 Å². The molecule has 1 aromatic heterocycles. The van der Waals surface area contributed by atoms with Gasteiger partial charge in [-0.15, -0.1) is 0 Å². The molecule has 0 spiro atoms. The Balaban J connectivity index is 2.34. The van der Waals surface area contributed by atoms with E-state index in [9.17, 15) is 0 Å². The van der Waals surface area contributed by atoms with Gasteiger partial charge in [-0.05, 0) is 25.5 Å². The average molecular weight is 250 g/mol. The lowest BCUT2D eigenvalue weighted by atomic mass is 10.2. The topological polar surface area (TPSA) is 84.0 Å². The maximum absolute atomic E-state index is 8.81. The zero-order valence-electron chi connectivity index (χ0n) is 10.6. The molecule has 0 aliphatic carbocycles. The van der Waals surface area contributed by atoms with Crippen LogP contribution in [0, 0.1) is 6.92 Å². The lowest BCUT2D eigenvalue weighted by Crippen LogP contribution is -2.27. The van der Waals surface area contributed by atoms with Crippen molar-refractivity contribution in [3.05, 3.63) is 23.4 Å². The first-order valence-corrected chi connectivity index (χ1v) is 5.89. The first kappa shape index (κ1) is 12.6. The van der Waals surface area contributed by atoms with Crippen molar-refractivity contribution < 1.29 is 9.94 Å². The van der Waals surface area contributed by atoms with E-state index in [-0.39, 0.29) is 11.9 Å². The number of methoxy groups -OCH3 is 1. The molecule has 0 radical (unpaired) electrons. The van der Waals surface area contributed by atoms with Gasteiger partial charge in [-0.2, -0.15) is 0 Å². The SMILES string of the molecule is COC1CCN(c2nc(C)ccc2/C(N)=N/O)C1. The molecule has 0 bridgehead atoms. The first-order valence-electron chi connectivity index (χ1n) is 5.89. The molecule has 1 aromatic rings. The van der Waals surface area contributed by atoms with Crippen LogP contribution in [0.3, 0.4) is 0 Å². The molecule has 6 nitrogen and oxygen atoms in total. The Kier molecular flexibility index (Phi) is 3.66. The van der Waals surface area contributed by atoms with Crippen molar-refractivity contribution in [1.82, 2.24) is 4.98 Å². The standard InChI is InChI=1S/C12H18N4O2/c1-8-3-4-10(11(13)15-17)12(14-8)16-6-5-9(7-16)18-2/h3-4,9,17H,5-7H2,1-2H3,(H2,13,15). The van der Waals surface area contributed by atoms with Crippen LogP contribution in [0.4, 0.5) is 5.82 Å². The maximum Gasteiger partial charge on any atom is 0.173 e. The fraction of sp³-hybridized carbons (Fsp3) is 0.500. The van der Waals surface area contributed by atoms with Crippen LogP contribution in [-0.4, -0.2) is 42.3 Å². The molecule has 18 heavy (non-hydrogen) atoms. The number of nitrogens with two attached hydrogens (primary N) is 1. The second-order valence-corrected chi connectivity index (χ2v) is 4.40. The van der Waals surface area contributed by atoms with Crippen LogP contribution >= 0.6 is 0 Å². The molecule has 1 aliphatic rings. The van der Waals surface area contributed by atoms with E-state index in [0.717, 1.165) is 31.0 Å². The maximum atomic E-state index is 8.81. The summed E-state index contributed by atoms with van der Waals surface area (Å²) in [5.74, 6) is 0.836. The molecule has 0 saturated carbocycles. The van der Waals surface area contributed by atoms with Gasteiger partial charge in [0.2, 0.25) is 0 Å². The second-order valence-electron chi connectivity index (χ2n) is 4.40. The predicted octanol–water partition coefficient (Wildman–Crippen LogP) is 0.710. The normalized spacial score (nSPS) is 20.4. The fourth-order valence-electron chi connectivity index (χ4n) is 2.15. The van der Waals surface area contributed by atoms with Gasteiger partial charge in [0.15, 0.2) is 5.84 Å². The van der Waals surface area contributed by atoms with E-state index >= 15 is 0 Å². The monoisotopic (exact) mass is 250 g/mol. The van der Waals surface area contributed by atoms with Gasteiger partial charge < -0.3 is 20.6 Å². The third kappa shape index (κ3) is 2.38. The first-order chi connectivity index (χ1) is 8.65. The number of oxime groups is 1. The third-order valence-corrected chi connectivity index (χ3v) is 3.18. The van der Waals surface area contributed by atoms with Gasteiger partial charge >= 0.3 is 0 Å². The quantitative estimate of drug-likeness (QED) is 0.357. The van der Waals surface area contributed by atoms with Crippen LogP contribution in [0.5, 0.6) is 0 Å². The van der Waals surface area contributed by atoms with E-state index in [1.165, 1.54) is 0 Å². The summed E-state index contributed by atoms with van der Waals surface area (Å²) in [6, 6.07) is 3.67. The average Bonchev–Trinajstić information content (AvgIpc) is 2.86. The molecule has 0 amide bonds. The van der Waals surface area contributed by atoms with Crippen molar-refractivity contribution in [2.75, 3.05) is 25.1 Å². The molecule has 1 atom stereocenters. The molecule has 1 unspecified atom stereocenters. The largest absolute Gasteiger partial charge is 0.409 e. The predicted molar refractivity (Wildman–Crippen MR) is 69.1 cm³/mol. The van der Waals surface area contributed by atoms with E-state index in [1.54, 1.807) is 7.11 Å². The van der Waals surface area contributed by atoms with E-state index in [0.29, 0.717) is 5.56 Å². The van der Waals surface area contributed by atoms with Gasteiger partial charge in [0.05, 0.1) is 11.7 Å². The van der Waals surface area contributed by atoms with E-state index in [2.05, 4.69) is 15.0 Å². The second kappa shape index (κ2) is 5.22. The molecule has 1 aliphatic heterocycles. The van der Waals surface area contributed by atoms with E-state index in [1.807, 2.05) is 19.1 Å². The summed E-state index contributed by atoms with van der Waals surface area (Å²) >= 11 is 0. The summed E-state index contributed by atoms with van der Waals surface area (Å²) in [7, 11) is 1.71. The number of ether oxygens (including phenoxy) is 1. The third-order valence-electron chi connectivity index (χ3n) is 3.18. The number of nitrogens with zero attached hydrogens (tertiary/aromatic N) is 3. The Morgan fingerprint density at radius 3 is 3.00 bits per heavy atom. The fourth-order valence-corrected chi connectivity index (χ4v) is 2.15. The van der Waals surface area contributed by atoms with Crippen LogP contribution < -0.4 is 10.6 Å². The summed E-state index contributed by atoms with van der Waals surface area (Å²) in [6.45, 7) is 3.56. The van der Waals surface area contributed by atoms with Gasteiger partial charge in [-0.1, -0.05) is 5.16 Å². The Morgan fingerprint density at radius 2 is 2.39 bits per heavy atom. The zero-order valence-corrected chi connectivity index (χ0v) is 10.6. The van der Waals surface area contributed by atoms with Crippen molar-refractivity contribution in [2.24, 2.45) is 10.9 Å². The minimum absolute atomic E-state index is 0.0818. The van der Waals surface area contributed by atoms with Gasteiger partial charge in [0.1, 0.15) is 5.82 Å². The lowest BCUT2D eigenvalue weighted by molar-refractivity contribution is 0.121. The Labute approximate surface area is 106 Å². The lowest BCUT2D eigenvalue weighted by Gasteiger charge is -2.20. The number of hydrogen-bond acceptors (Lipinski definition) is 5. The van der Waals surface area contributed by atoms with E-state index in [4.69, 9.17) is 15.7 Å². The van der Waals surface area contributed by atoms with Crippen LogP contribution in [0.2, 0.25) is 0 Å². The molecular weight excluding hydrogens is 232 g/mol. The number of aromatic nitrogens is 1. The molecular formula is C12H18N4O2.